The lowest BCUT2D eigenvalue weighted by Crippen LogP contribution is -2.27. The molecule has 1 heterocycles. The van der Waals surface area contributed by atoms with Crippen molar-refractivity contribution in [2.45, 2.75) is 6.54 Å². The normalized spacial score (nSPS) is 9.95. The molecule has 0 atom stereocenters. The molecule has 1 aromatic heterocycles. The van der Waals surface area contributed by atoms with Crippen LogP contribution in [0.2, 0.25) is 0 Å². The summed E-state index contributed by atoms with van der Waals surface area (Å²) in [7, 11) is 1.48. The molecule has 0 aliphatic heterocycles. The van der Waals surface area contributed by atoms with Crippen LogP contribution < -0.4 is 0 Å². The second-order valence-electron chi connectivity index (χ2n) is 3.81. The molecule has 1 amide bonds. The lowest BCUT2D eigenvalue weighted by atomic mass is 10.1. The highest BCUT2D eigenvalue weighted by Gasteiger charge is 2.17. The van der Waals surface area contributed by atoms with Crippen molar-refractivity contribution in [1.82, 2.24) is 25.5 Å². The first kappa shape index (κ1) is 12.6. The quantitative estimate of drug-likeness (QED) is 0.865. The highest BCUT2D eigenvalue weighted by atomic mass is 19.1. The van der Waals surface area contributed by atoms with Crippen LogP contribution in [0.15, 0.2) is 18.2 Å². The molecule has 2 aromatic rings. The largest absolute Gasteiger partial charge is 0.334 e. The van der Waals surface area contributed by atoms with E-state index in [9.17, 15) is 9.18 Å². The van der Waals surface area contributed by atoms with Crippen LogP contribution in [0, 0.1) is 17.1 Å². The summed E-state index contributed by atoms with van der Waals surface area (Å²) >= 11 is 0. The second-order valence-corrected chi connectivity index (χ2v) is 3.81. The van der Waals surface area contributed by atoms with Gasteiger partial charge < -0.3 is 4.90 Å². The van der Waals surface area contributed by atoms with E-state index in [1.54, 1.807) is 0 Å². The van der Waals surface area contributed by atoms with Crippen LogP contribution in [0.1, 0.15) is 21.7 Å². The van der Waals surface area contributed by atoms with E-state index in [0.717, 1.165) is 0 Å². The maximum Gasteiger partial charge on any atom is 0.295 e. The van der Waals surface area contributed by atoms with Gasteiger partial charge in [0.1, 0.15) is 5.82 Å². The zero-order valence-corrected chi connectivity index (χ0v) is 9.96. The molecule has 0 fully saturated rings. The van der Waals surface area contributed by atoms with E-state index in [1.807, 2.05) is 6.07 Å². The van der Waals surface area contributed by atoms with Gasteiger partial charge in [0.2, 0.25) is 0 Å². The van der Waals surface area contributed by atoms with Crippen LogP contribution in [-0.4, -0.2) is 38.5 Å². The Bertz CT molecular complexity index is 633. The Kier molecular flexibility index (Phi) is 3.47. The van der Waals surface area contributed by atoms with Crippen molar-refractivity contribution in [3.8, 4) is 6.07 Å². The molecule has 0 radical (unpaired) electrons. The van der Waals surface area contributed by atoms with Gasteiger partial charge in [0, 0.05) is 19.2 Å². The monoisotopic (exact) mass is 260 g/mol. The van der Waals surface area contributed by atoms with Crippen molar-refractivity contribution in [3.05, 3.63) is 41.0 Å². The minimum Gasteiger partial charge on any atom is -0.334 e. The maximum atomic E-state index is 13.6. The lowest BCUT2D eigenvalue weighted by Gasteiger charge is -2.15. The predicted molar refractivity (Wildman–Crippen MR) is 61.1 cm³/mol. The standard InChI is InChI=1S/C11H9FN6O/c1-18(11(19)10-14-16-17-15-10)6-8-4-7(5-13)2-3-9(8)12/h2-4H,6H2,1H3,(H,14,15,16,17). The zero-order chi connectivity index (χ0) is 13.8. The number of tetrazole rings is 1. The Morgan fingerprint density at radius 2 is 2.37 bits per heavy atom. The molecule has 0 aliphatic carbocycles. The highest BCUT2D eigenvalue weighted by molar-refractivity contribution is 5.89. The third-order valence-electron chi connectivity index (χ3n) is 2.47. The Balaban J connectivity index is 2.17. The molecule has 8 heteroatoms. The van der Waals surface area contributed by atoms with Crippen molar-refractivity contribution in [1.29, 1.82) is 5.26 Å². The minimum absolute atomic E-state index is 0.00866. The molecular formula is C11H9FN6O. The van der Waals surface area contributed by atoms with E-state index in [0.29, 0.717) is 5.56 Å². The average Bonchev–Trinajstić information content (AvgIpc) is 2.94. The van der Waals surface area contributed by atoms with Crippen LogP contribution in [0.3, 0.4) is 0 Å². The number of halogens is 1. The molecular weight excluding hydrogens is 251 g/mol. The van der Waals surface area contributed by atoms with Gasteiger partial charge in [-0.15, -0.1) is 10.2 Å². The van der Waals surface area contributed by atoms with Gasteiger partial charge in [-0.25, -0.2) is 4.39 Å². The van der Waals surface area contributed by atoms with E-state index in [4.69, 9.17) is 5.26 Å². The number of benzene rings is 1. The number of nitriles is 1. The fraction of sp³-hybridized carbons (Fsp3) is 0.182. The molecule has 7 nitrogen and oxygen atoms in total. The first-order chi connectivity index (χ1) is 9.11. The lowest BCUT2D eigenvalue weighted by molar-refractivity contribution is 0.0772. The molecule has 0 saturated heterocycles. The first-order valence-electron chi connectivity index (χ1n) is 5.29. The molecule has 0 aliphatic rings. The molecule has 19 heavy (non-hydrogen) atoms. The number of amides is 1. The third-order valence-corrected chi connectivity index (χ3v) is 2.47. The van der Waals surface area contributed by atoms with Gasteiger partial charge in [-0.2, -0.15) is 10.5 Å². The van der Waals surface area contributed by atoms with Gasteiger partial charge >= 0.3 is 0 Å². The van der Waals surface area contributed by atoms with Crippen molar-refractivity contribution in [2.24, 2.45) is 0 Å². The molecule has 2 rings (SSSR count). The number of nitrogens with zero attached hydrogens (tertiary/aromatic N) is 5. The Labute approximate surface area is 107 Å². The summed E-state index contributed by atoms with van der Waals surface area (Å²) in [6.45, 7) is 0.00866. The highest BCUT2D eigenvalue weighted by Crippen LogP contribution is 2.12. The van der Waals surface area contributed by atoms with Gasteiger partial charge in [0.25, 0.3) is 11.7 Å². The number of aromatic nitrogens is 4. The summed E-state index contributed by atoms with van der Waals surface area (Å²) in [5.41, 5.74) is 0.579. The van der Waals surface area contributed by atoms with E-state index in [1.165, 1.54) is 30.1 Å². The summed E-state index contributed by atoms with van der Waals surface area (Å²) in [5, 5.41) is 21.3. The Morgan fingerprint density at radius 3 is 3.00 bits per heavy atom. The minimum atomic E-state index is -0.490. The van der Waals surface area contributed by atoms with Crippen LogP contribution in [0.5, 0.6) is 0 Å². The Morgan fingerprint density at radius 1 is 1.58 bits per heavy atom. The number of carbonyl (C=O) groups excluding carboxylic acids is 1. The van der Waals surface area contributed by atoms with Gasteiger partial charge in [0.05, 0.1) is 11.6 Å². The zero-order valence-electron chi connectivity index (χ0n) is 9.96. The number of H-pyrrole nitrogens is 1. The first-order valence-corrected chi connectivity index (χ1v) is 5.29. The fourth-order valence-electron chi connectivity index (χ4n) is 1.52. The van der Waals surface area contributed by atoms with E-state index in [-0.39, 0.29) is 17.9 Å². The third kappa shape index (κ3) is 2.71. The smallest absolute Gasteiger partial charge is 0.295 e. The number of aromatic amines is 1. The second kappa shape index (κ2) is 5.22. The molecule has 1 N–H and O–H groups in total. The van der Waals surface area contributed by atoms with Crippen LogP contribution in [0.25, 0.3) is 0 Å². The number of hydrogen-bond donors (Lipinski definition) is 1. The molecule has 96 valence electrons. The van der Waals surface area contributed by atoms with Crippen LogP contribution >= 0.6 is 0 Å². The molecule has 1 aromatic carbocycles. The maximum absolute atomic E-state index is 13.6. The summed E-state index contributed by atoms with van der Waals surface area (Å²) in [6, 6.07) is 5.88. The summed E-state index contributed by atoms with van der Waals surface area (Å²) in [4.78, 5) is 13.1. The SMILES string of the molecule is CN(Cc1cc(C#N)ccc1F)C(=O)c1nn[nH]n1. The van der Waals surface area contributed by atoms with Crippen molar-refractivity contribution in [2.75, 3.05) is 7.05 Å². The van der Waals surface area contributed by atoms with Gasteiger partial charge in [-0.3, -0.25) is 4.79 Å². The predicted octanol–water partition coefficient (Wildman–Crippen LogP) is 0.483. The van der Waals surface area contributed by atoms with Crippen molar-refractivity contribution < 1.29 is 9.18 Å². The van der Waals surface area contributed by atoms with Gasteiger partial charge in [-0.05, 0) is 23.4 Å². The number of rotatable bonds is 3. The number of carbonyl (C=O) groups is 1. The van der Waals surface area contributed by atoms with Crippen LogP contribution in [-0.2, 0) is 6.54 Å². The van der Waals surface area contributed by atoms with E-state index in [2.05, 4.69) is 20.6 Å². The topological polar surface area (TPSA) is 98.6 Å². The van der Waals surface area contributed by atoms with Gasteiger partial charge in [-0.1, -0.05) is 0 Å². The fourth-order valence-corrected chi connectivity index (χ4v) is 1.52. The molecule has 0 unspecified atom stereocenters. The summed E-state index contributed by atoms with van der Waals surface area (Å²) in [6.07, 6.45) is 0. The van der Waals surface area contributed by atoms with Crippen LogP contribution in [0.4, 0.5) is 4.39 Å². The van der Waals surface area contributed by atoms with Crippen molar-refractivity contribution in [3.63, 3.8) is 0 Å². The number of hydrogen-bond acceptors (Lipinski definition) is 5. The average molecular weight is 260 g/mol. The van der Waals surface area contributed by atoms with Gasteiger partial charge in [0.15, 0.2) is 0 Å². The molecule has 0 spiro atoms. The molecule has 0 bridgehead atoms. The Hall–Kier alpha value is -2.82. The number of nitrogens with one attached hydrogen (secondary N) is 1. The summed E-state index contributed by atoms with van der Waals surface area (Å²) in [5.74, 6) is -1.07. The van der Waals surface area contributed by atoms with Crippen molar-refractivity contribution >= 4 is 5.91 Å². The van der Waals surface area contributed by atoms with E-state index >= 15 is 0 Å². The van der Waals surface area contributed by atoms with E-state index < -0.39 is 11.7 Å². The summed E-state index contributed by atoms with van der Waals surface area (Å²) < 4.78 is 13.6. The molecule has 0 saturated carbocycles.